The number of aromatic nitrogens is 3. The van der Waals surface area contributed by atoms with Gasteiger partial charge in [-0.3, -0.25) is 9.36 Å². The van der Waals surface area contributed by atoms with Gasteiger partial charge in [-0.2, -0.15) is 0 Å². The first kappa shape index (κ1) is 30.6. The lowest BCUT2D eigenvalue weighted by atomic mass is 9.72. The van der Waals surface area contributed by atoms with Gasteiger partial charge in [0, 0.05) is 23.7 Å². The summed E-state index contributed by atoms with van der Waals surface area (Å²) < 4.78 is 7.64. The number of carbonyl (C=O) groups is 3. The molecule has 45 heavy (non-hydrogen) atoms. The average molecular weight is 632 g/mol. The minimum absolute atomic E-state index is 0.0461. The molecule has 0 radical (unpaired) electrons. The molecule has 2 aromatic carbocycles. The molecular weight excluding hydrogens is 602 g/mol. The molecule has 6 atom stereocenters. The quantitative estimate of drug-likeness (QED) is 0.187. The fourth-order valence-corrected chi connectivity index (χ4v) is 6.21. The van der Waals surface area contributed by atoms with E-state index in [2.05, 4.69) is 9.97 Å². The Morgan fingerprint density at radius 3 is 2.38 bits per heavy atom. The standard InChI is InChI=1S/C33H30ClN3O8/c34-22-9-7-18(8-10-22)23-12-21(23)16-45-33(32(43)44)14-24(29(40)28(39)15-33)27(38)13-26(19-3-5-20(6-4-19)31(41)42)37-17-36-30-25(37)2-1-11-35-30/h1-11,13,17,21,23-24,28-29,39-40H,12,14-16H2,(H,41,42)(H,43,44)/b26-13-. The molecule has 232 valence electrons. The molecule has 11 nitrogen and oxygen atoms in total. The van der Waals surface area contributed by atoms with Crippen molar-refractivity contribution in [2.24, 2.45) is 11.8 Å². The van der Waals surface area contributed by atoms with Crippen LogP contribution in [0.4, 0.5) is 0 Å². The number of nitrogens with zero attached hydrogens (tertiary/aromatic N) is 3. The van der Waals surface area contributed by atoms with E-state index in [1.807, 2.05) is 12.1 Å². The van der Waals surface area contributed by atoms with Crippen LogP contribution in [0.5, 0.6) is 0 Å². The lowest BCUT2D eigenvalue weighted by Crippen LogP contribution is -2.57. The maximum Gasteiger partial charge on any atom is 0.336 e. The molecule has 12 heteroatoms. The molecule has 2 heterocycles. The zero-order valence-electron chi connectivity index (χ0n) is 23.9. The number of carboxylic acid groups (broad SMARTS) is 2. The van der Waals surface area contributed by atoms with Gasteiger partial charge in [0.15, 0.2) is 17.0 Å². The number of pyridine rings is 1. The molecule has 6 rings (SSSR count). The molecule has 4 aromatic rings. The third kappa shape index (κ3) is 6.12. The van der Waals surface area contributed by atoms with Gasteiger partial charge in [0.05, 0.1) is 41.5 Å². The van der Waals surface area contributed by atoms with Crippen molar-refractivity contribution in [1.29, 1.82) is 0 Å². The Morgan fingerprint density at radius 2 is 1.69 bits per heavy atom. The summed E-state index contributed by atoms with van der Waals surface area (Å²) in [4.78, 5) is 46.5. The number of ether oxygens (including phenoxy) is 1. The van der Waals surface area contributed by atoms with E-state index in [9.17, 15) is 34.8 Å². The summed E-state index contributed by atoms with van der Waals surface area (Å²) in [5.74, 6) is -4.14. The molecule has 2 aliphatic carbocycles. The molecule has 0 bridgehead atoms. The fraction of sp³-hybridized carbons (Fsp3) is 0.303. The van der Waals surface area contributed by atoms with Gasteiger partial charge in [0.25, 0.3) is 0 Å². The summed E-state index contributed by atoms with van der Waals surface area (Å²) in [6, 6.07) is 16.8. The van der Waals surface area contributed by atoms with E-state index in [-0.39, 0.29) is 36.8 Å². The SMILES string of the molecule is O=C(O)c1ccc(/C(=C/C(=O)C2CC(OCC3CC3c3ccc(Cl)cc3)(C(=O)O)CC(O)C2O)n2cnc3ncccc32)cc1. The fourth-order valence-electron chi connectivity index (χ4n) is 6.09. The van der Waals surface area contributed by atoms with E-state index >= 15 is 0 Å². The molecule has 4 N–H and O–H groups in total. The number of aliphatic hydroxyl groups is 2. The van der Waals surface area contributed by atoms with Crippen LogP contribution in [0.2, 0.25) is 5.02 Å². The number of aliphatic carboxylic acids is 1. The summed E-state index contributed by atoms with van der Waals surface area (Å²) in [7, 11) is 0. The summed E-state index contributed by atoms with van der Waals surface area (Å²) in [5, 5.41) is 42.1. The van der Waals surface area contributed by atoms with Crippen LogP contribution in [0.1, 0.15) is 46.7 Å². The Balaban J connectivity index is 1.29. The van der Waals surface area contributed by atoms with Crippen molar-refractivity contribution >= 4 is 46.2 Å². The first-order valence-corrected chi connectivity index (χ1v) is 14.8. The maximum absolute atomic E-state index is 13.9. The van der Waals surface area contributed by atoms with Crippen LogP contribution >= 0.6 is 11.6 Å². The van der Waals surface area contributed by atoms with Gasteiger partial charge >= 0.3 is 11.9 Å². The van der Waals surface area contributed by atoms with Crippen molar-refractivity contribution in [3.63, 3.8) is 0 Å². The number of rotatable bonds is 10. The molecular formula is C33H30ClN3O8. The second-order valence-electron chi connectivity index (χ2n) is 11.6. The first-order valence-electron chi connectivity index (χ1n) is 14.4. The van der Waals surface area contributed by atoms with Gasteiger partial charge in [-0.05, 0) is 72.2 Å². The number of hydrogen-bond acceptors (Lipinski definition) is 8. The van der Waals surface area contributed by atoms with Crippen molar-refractivity contribution < 1.29 is 39.5 Å². The first-order chi connectivity index (χ1) is 21.6. The maximum atomic E-state index is 13.9. The molecule has 6 unspecified atom stereocenters. The number of ketones is 1. The van der Waals surface area contributed by atoms with E-state index in [0.717, 1.165) is 12.0 Å². The number of benzene rings is 2. The van der Waals surface area contributed by atoms with Gasteiger partial charge < -0.3 is 25.2 Å². The highest BCUT2D eigenvalue weighted by molar-refractivity contribution is 6.30. The number of carboxylic acids is 2. The molecule has 2 fully saturated rings. The van der Waals surface area contributed by atoms with Crippen LogP contribution in [0.25, 0.3) is 16.9 Å². The van der Waals surface area contributed by atoms with Crippen molar-refractivity contribution in [2.45, 2.75) is 43.0 Å². The lowest BCUT2D eigenvalue weighted by molar-refractivity contribution is -0.192. The van der Waals surface area contributed by atoms with E-state index in [4.69, 9.17) is 16.3 Å². The smallest absolute Gasteiger partial charge is 0.336 e. The van der Waals surface area contributed by atoms with Crippen LogP contribution in [-0.4, -0.2) is 77.1 Å². The topological polar surface area (TPSA) is 172 Å². The molecule has 2 aliphatic rings. The van der Waals surface area contributed by atoms with E-state index in [0.29, 0.717) is 27.4 Å². The number of allylic oxidation sites excluding steroid dienone is 1. The Labute approximate surface area is 262 Å². The number of hydrogen-bond donors (Lipinski definition) is 4. The Hall–Kier alpha value is -4.42. The second kappa shape index (κ2) is 12.2. The summed E-state index contributed by atoms with van der Waals surface area (Å²) in [6.45, 7) is 0.106. The monoisotopic (exact) mass is 631 g/mol. The van der Waals surface area contributed by atoms with Crippen LogP contribution in [-0.2, 0) is 14.3 Å². The average Bonchev–Trinajstić information content (AvgIpc) is 3.69. The predicted molar refractivity (Wildman–Crippen MR) is 163 cm³/mol. The molecule has 2 aromatic heterocycles. The zero-order chi connectivity index (χ0) is 31.9. The minimum Gasteiger partial charge on any atom is -0.479 e. The Kier molecular flexibility index (Phi) is 8.27. The summed E-state index contributed by atoms with van der Waals surface area (Å²) >= 11 is 6.00. The molecule has 0 amide bonds. The van der Waals surface area contributed by atoms with Crippen molar-refractivity contribution in [3.8, 4) is 0 Å². The van der Waals surface area contributed by atoms with Gasteiger partial charge in [-0.25, -0.2) is 19.6 Å². The number of aliphatic hydroxyl groups excluding tert-OH is 2. The zero-order valence-corrected chi connectivity index (χ0v) is 24.6. The van der Waals surface area contributed by atoms with Gasteiger partial charge in [0.1, 0.15) is 6.33 Å². The summed E-state index contributed by atoms with van der Waals surface area (Å²) in [5.41, 5.74) is 0.947. The Bertz CT molecular complexity index is 1790. The van der Waals surface area contributed by atoms with Gasteiger partial charge in [0.2, 0.25) is 0 Å². The number of imidazole rings is 1. The van der Waals surface area contributed by atoms with Crippen molar-refractivity contribution in [1.82, 2.24) is 14.5 Å². The van der Waals surface area contributed by atoms with Crippen LogP contribution in [0, 0.1) is 11.8 Å². The lowest BCUT2D eigenvalue weighted by Gasteiger charge is -2.42. The van der Waals surface area contributed by atoms with Crippen molar-refractivity contribution in [2.75, 3.05) is 6.61 Å². The van der Waals surface area contributed by atoms with Crippen LogP contribution < -0.4 is 0 Å². The van der Waals surface area contributed by atoms with Crippen molar-refractivity contribution in [3.05, 3.63) is 101 Å². The third-order valence-electron chi connectivity index (χ3n) is 8.73. The minimum atomic E-state index is -1.89. The highest BCUT2D eigenvalue weighted by atomic mass is 35.5. The number of aromatic carboxylic acids is 1. The second-order valence-corrected chi connectivity index (χ2v) is 12.0. The van der Waals surface area contributed by atoms with E-state index in [1.165, 1.54) is 36.7 Å². The molecule has 0 spiro atoms. The van der Waals surface area contributed by atoms with E-state index < -0.39 is 41.4 Å². The third-order valence-corrected chi connectivity index (χ3v) is 8.98. The van der Waals surface area contributed by atoms with Gasteiger partial charge in [-0.1, -0.05) is 35.9 Å². The molecule has 0 aliphatic heterocycles. The number of fused-ring (bicyclic) bond motifs is 1. The molecule has 2 saturated carbocycles. The van der Waals surface area contributed by atoms with Crippen LogP contribution in [0.3, 0.4) is 0 Å². The summed E-state index contributed by atoms with van der Waals surface area (Å²) in [6.07, 6.45) is 1.28. The largest absolute Gasteiger partial charge is 0.479 e. The van der Waals surface area contributed by atoms with Gasteiger partial charge in [-0.15, -0.1) is 0 Å². The normalized spacial score (nSPS) is 26.5. The number of carbonyl (C=O) groups excluding carboxylic acids is 1. The van der Waals surface area contributed by atoms with Crippen LogP contribution in [0.15, 0.2) is 79.3 Å². The molecule has 0 saturated heterocycles. The predicted octanol–water partition coefficient (Wildman–Crippen LogP) is 4.02. The highest BCUT2D eigenvalue weighted by Gasteiger charge is 2.54. The highest BCUT2D eigenvalue weighted by Crippen LogP contribution is 2.49. The number of halogens is 1. The van der Waals surface area contributed by atoms with E-state index in [1.54, 1.807) is 35.0 Å². The Morgan fingerprint density at radius 1 is 0.978 bits per heavy atom.